The molecule has 1 aromatic carbocycles. The summed E-state index contributed by atoms with van der Waals surface area (Å²) in [6, 6.07) is 6.91. The van der Waals surface area contributed by atoms with E-state index >= 15 is 0 Å². The average molecular weight is 204 g/mol. The lowest BCUT2D eigenvalue weighted by Gasteiger charge is -2.05. The largest absolute Gasteiger partial charge is 0.480 e. The zero-order valence-corrected chi connectivity index (χ0v) is 8.10. The van der Waals surface area contributed by atoms with Crippen LogP contribution in [-0.4, -0.2) is 17.1 Å². The van der Waals surface area contributed by atoms with Crippen LogP contribution in [0.3, 0.4) is 0 Å². The number of carboxylic acid groups (broad SMARTS) is 1. The van der Waals surface area contributed by atoms with Gasteiger partial charge in [-0.25, -0.2) is 0 Å². The van der Waals surface area contributed by atoms with Crippen molar-refractivity contribution < 1.29 is 15.2 Å². The molecule has 1 aromatic rings. The topological polar surface area (TPSA) is 78.9 Å². The predicted molar refractivity (Wildman–Crippen MR) is 55.3 cm³/mol. The molecule has 0 unspecified atom stereocenters. The van der Waals surface area contributed by atoms with Crippen molar-refractivity contribution >= 4 is 17.2 Å². The first-order valence-electron chi connectivity index (χ1n) is 4.72. The Hall–Kier alpha value is -1.65. The fourth-order valence-electron chi connectivity index (χ4n) is 1.62. The molecule has 0 fully saturated rings. The van der Waals surface area contributed by atoms with Crippen LogP contribution in [0.15, 0.2) is 30.5 Å². The van der Waals surface area contributed by atoms with Crippen LogP contribution in [0, 0.1) is 0 Å². The van der Waals surface area contributed by atoms with Crippen LogP contribution >= 0.6 is 0 Å². The number of fused-ring (bicyclic) bond motifs is 1. The van der Waals surface area contributed by atoms with Gasteiger partial charge in [0.2, 0.25) is 0 Å². The zero-order chi connectivity index (χ0) is 10.8. The molecule has 1 radical (unpaired) electrons. The minimum Gasteiger partial charge on any atom is -0.480 e. The predicted octanol–water partition coefficient (Wildman–Crippen LogP) is -0.176. The summed E-state index contributed by atoms with van der Waals surface area (Å²) in [7, 11) is 0. The molecule has 15 heavy (non-hydrogen) atoms. The van der Waals surface area contributed by atoms with E-state index < -0.39 is 12.0 Å². The number of carbonyl (C=O) groups is 1. The molecule has 4 nitrogen and oxygen atoms in total. The van der Waals surface area contributed by atoms with E-state index in [0.29, 0.717) is 6.42 Å². The van der Waals surface area contributed by atoms with Gasteiger partial charge in [0.15, 0.2) is 11.9 Å². The molecule has 1 atom stereocenters. The summed E-state index contributed by atoms with van der Waals surface area (Å²) < 4.78 is 0. The lowest BCUT2D eigenvalue weighted by Crippen LogP contribution is -2.69. The van der Waals surface area contributed by atoms with Crippen LogP contribution < -0.4 is 11.1 Å². The maximum Gasteiger partial charge on any atom is 0.320 e. The monoisotopic (exact) mass is 204 g/mol. The van der Waals surface area contributed by atoms with Gasteiger partial charge in [-0.05, 0) is 6.07 Å². The smallest absolute Gasteiger partial charge is 0.320 e. The van der Waals surface area contributed by atoms with Gasteiger partial charge in [-0.15, -0.1) is 5.32 Å². The Morgan fingerprint density at radius 3 is 2.93 bits per heavy atom. The molecule has 1 aliphatic heterocycles. The van der Waals surface area contributed by atoms with E-state index in [-0.39, 0.29) is 0 Å². The molecule has 77 valence electrons. The summed E-state index contributed by atoms with van der Waals surface area (Å²) in [5, 5.41) is 11.8. The van der Waals surface area contributed by atoms with Crippen LogP contribution in [0.25, 0.3) is 5.57 Å². The summed E-state index contributed by atoms with van der Waals surface area (Å²) in [6.07, 6.45) is 2.16. The number of aliphatic carboxylic acids is 1. The number of carboxylic acids is 1. The van der Waals surface area contributed by atoms with Gasteiger partial charge >= 0.3 is 5.97 Å². The first-order valence-corrected chi connectivity index (χ1v) is 4.72. The second-order valence-corrected chi connectivity index (χ2v) is 3.51. The van der Waals surface area contributed by atoms with E-state index in [0.717, 1.165) is 16.8 Å². The quantitative estimate of drug-likeness (QED) is 0.639. The van der Waals surface area contributed by atoms with Gasteiger partial charge in [0.05, 0.1) is 0 Å². The van der Waals surface area contributed by atoms with E-state index in [1.165, 1.54) is 0 Å². The van der Waals surface area contributed by atoms with Crippen molar-refractivity contribution in [2.24, 2.45) is 5.73 Å². The van der Waals surface area contributed by atoms with Gasteiger partial charge < -0.3 is 10.8 Å². The highest BCUT2D eigenvalue weighted by molar-refractivity contribution is 5.80. The Kier molecular flexibility index (Phi) is 2.53. The number of anilines is 1. The number of nitrogens with one attached hydrogen (secondary N) is 1. The number of rotatable bonds is 3. The molecule has 0 aromatic heterocycles. The summed E-state index contributed by atoms with van der Waals surface area (Å²) in [4.78, 5) is 10.6. The van der Waals surface area contributed by atoms with Crippen LogP contribution in [0.4, 0.5) is 5.69 Å². The molecule has 2 rings (SSSR count). The van der Waals surface area contributed by atoms with Crippen molar-refractivity contribution in [2.45, 2.75) is 12.5 Å². The molecule has 0 aliphatic carbocycles. The highest BCUT2D eigenvalue weighted by Gasteiger charge is 2.24. The van der Waals surface area contributed by atoms with Crippen LogP contribution in [0.5, 0.6) is 0 Å². The van der Waals surface area contributed by atoms with Gasteiger partial charge in [-0.2, -0.15) is 0 Å². The number of hydrogen-bond donors (Lipinski definition) is 3. The Balaban J connectivity index is 2.17. The maximum atomic E-state index is 10.6. The Morgan fingerprint density at radius 2 is 2.20 bits per heavy atom. The Bertz CT molecular complexity index is 426. The summed E-state index contributed by atoms with van der Waals surface area (Å²) in [5.41, 5.74) is 8.47. The van der Waals surface area contributed by atoms with Crippen molar-refractivity contribution in [1.82, 2.24) is 0 Å². The summed E-state index contributed by atoms with van der Waals surface area (Å²) >= 11 is 0. The lowest BCUT2D eigenvalue weighted by molar-refractivity contribution is -0.491. The van der Waals surface area contributed by atoms with E-state index in [1.807, 2.05) is 30.5 Å². The minimum atomic E-state index is -0.972. The molecule has 4 heteroatoms. The third kappa shape index (κ3) is 1.91. The second kappa shape index (κ2) is 3.84. The van der Waals surface area contributed by atoms with Crippen molar-refractivity contribution in [3.05, 3.63) is 36.0 Å². The van der Waals surface area contributed by atoms with Crippen molar-refractivity contribution in [1.29, 1.82) is 0 Å². The normalized spacial score (nSPS) is 15.7. The third-order valence-electron chi connectivity index (χ3n) is 2.43. The first kappa shape index (κ1) is 9.89. The van der Waals surface area contributed by atoms with E-state index in [1.54, 1.807) is 0 Å². The fourth-order valence-corrected chi connectivity index (χ4v) is 1.62. The standard InChI is InChI=1S/C11H12N2O2/c12-9(11(14)15)5-7-6-13-10-4-2-1-3-8(7)10/h1-4,6,9,13H,5,12H2,(H,14,15)/q+1/t9-/m1/s1. The molecule has 1 heterocycles. The summed E-state index contributed by atoms with van der Waals surface area (Å²) in [6.45, 7) is 0. The number of nitrogens with two attached hydrogens (primary N) is 1. The maximum absolute atomic E-state index is 10.6. The fraction of sp³-hybridized carbons (Fsp3) is 0.182. The van der Waals surface area contributed by atoms with Crippen molar-refractivity contribution in [2.75, 3.05) is 0 Å². The van der Waals surface area contributed by atoms with E-state index in [4.69, 9.17) is 10.8 Å². The van der Waals surface area contributed by atoms with Crippen LogP contribution in [0.2, 0.25) is 0 Å². The van der Waals surface area contributed by atoms with E-state index in [2.05, 4.69) is 5.32 Å². The van der Waals surface area contributed by atoms with Gasteiger partial charge in [0.25, 0.3) is 0 Å². The molecule has 0 amide bonds. The van der Waals surface area contributed by atoms with Gasteiger partial charge in [0.1, 0.15) is 6.04 Å². The minimum absolute atomic E-state index is 0.347. The van der Waals surface area contributed by atoms with Crippen LogP contribution in [-0.2, 0) is 4.79 Å². The molecular weight excluding hydrogens is 192 g/mol. The number of benzene rings is 1. The Labute approximate surface area is 87.4 Å². The highest BCUT2D eigenvalue weighted by Crippen LogP contribution is 2.26. The average Bonchev–Trinajstić information content (AvgIpc) is 2.62. The molecule has 0 spiro atoms. The molecule has 1 aliphatic rings. The molecule has 0 saturated carbocycles. The highest BCUT2D eigenvalue weighted by atomic mass is 16.4. The second-order valence-electron chi connectivity index (χ2n) is 3.51. The molecular formula is C11H12N2O2+. The van der Waals surface area contributed by atoms with Crippen LogP contribution in [0.1, 0.15) is 12.0 Å². The van der Waals surface area contributed by atoms with Gasteiger partial charge in [-0.1, -0.05) is 12.1 Å². The first-order chi connectivity index (χ1) is 7.18. The molecule has 4 N–H and O–H groups in total. The lowest BCUT2D eigenvalue weighted by atomic mass is 10.0. The third-order valence-corrected chi connectivity index (χ3v) is 2.43. The summed E-state index contributed by atoms with van der Waals surface area (Å²) in [5.74, 6) is -0.972. The SMILES string of the molecule is N[C@H](CC1=C[NH+]c2ccccc21)C(=O)O. The van der Waals surface area contributed by atoms with Crippen molar-refractivity contribution in [3.63, 3.8) is 0 Å². The van der Waals surface area contributed by atoms with E-state index in [9.17, 15) is 4.79 Å². The number of para-hydroxylation sites is 1. The number of hydrogen-bond acceptors (Lipinski definition) is 3. The molecule has 0 bridgehead atoms. The zero-order valence-electron chi connectivity index (χ0n) is 8.10. The van der Waals surface area contributed by atoms with Gasteiger partial charge in [0, 0.05) is 23.6 Å². The van der Waals surface area contributed by atoms with Crippen molar-refractivity contribution in [3.8, 4) is 0 Å². The Morgan fingerprint density at radius 1 is 1.47 bits per heavy atom. The van der Waals surface area contributed by atoms with Gasteiger partial charge in [-0.3, -0.25) is 4.79 Å². The molecule has 0 saturated heterocycles.